The van der Waals surface area contributed by atoms with E-state index in [1.54, 1.807) is 0 Å². The number of nitrogen functional groups attached to an aromatic ring is 1. The molecule has 5 heteroatoms. The van der Waals surface area contributed by atoms with Crippen molar-refractivity contribution in [2.45, 2.75) is 71.1 Å². The van der Waals surface area contributed by atoms with Crippen LogP contribution in [0.5, 0.6) is 0 Å². The molecule has 1 aromatic heterocycles. The summed E-state index contributed by atoms with van der Waals surface area (Å²) in [4.78, 5) is 0. The maximum absolute atomic E-state index is 6.12. The topological polar surface area (TPSA) is 66.0 Å². The Morgan fingerprint density at radius 1 is 1.33 bits per heavy atom. The van der Waals surface area contributed by atoms with Crippen molar-refractivity contribution in [1.29, 1.82) is 0 Å². The summed E-state index contributed by atoms with van der Waals surface area (Å²) in [5.74, 6) is 0.838. The first-order valence-electron chi connectivity index (χ1n) is 6.55. The SMILES string of the molecule is CC(C)c1c(N)nnn1C1CC(C)(C)OC1(C)C. The molecule has 0 bridgehead atoms. The molecule has 1 fully saturated rings. The molecule has 0 aliphatic carbocycles. The molecule has 0 radical (unpaired) electrons. The van der Waals surface area contributed by atoms with Crippen LogP contribution in [0.2, 0.25) is 0 Å². The summed E-state index contributed by atoms with van der Waals surface area (Å²) in [5.41, 5.74) is 6.55. The third kappa shape index (κ3) is 2.11. The molecular formula is C13H24N4O. The molecule has 5 nitrogen and oxygen atoms in total. The molecular weight excluding hydrogens is 228 g/mol. The van der Waals surface area contributed by atoms with Gasteiger partial charge >= 0.3 is 0 Å². The van der Waals surface area contributed by atoms with E-state index >= 15 is 0 Å². The smallest absolute Gasteiger partial charge is 0.169 e. The van der Waals surface area contributed by atoms with Crippen molar-refractivity contribution in [3.63, 3.8) is 0 Å². The third-order valence-electron chi connectivity index (χ3n) is 3.63. The Morgan fingerprint density at radius 3 is 2.39 bits per heavy atom. The van der Waals surface area contributed by atoms with Crippen molar-refractivity contribution in [2.24, 2.45) is 0 Å². The van der Waals surface area contributed by atoms with Gasteiger partial charge in [0, 0.05) is 6.42 Å². The molecule has 2 N–H and O–H groups in total. The summed E-state index contributed by atoms with van der Waals surface area (Å²) in [6, 6.07) is 0.176. The number of aromatic nitrogens is 3. The lowest BCUT2D eigenvalue weighted by Gasteiger charge is -2.28. The predicted octanol–water partition coefficient (Wildman–Crippen LogP) is 2.50. The molecule has 0 amide bonds. The van der Waals surface area contributed by atoms with Crippen molar-refractivity contribution in [1.82, 2.24) is 15.0 Å². The largest absolute Gasteiger partial charge is 0.381 e. The highest BCUT2D eigenvalue weighted by molar-refractivity contribution is 5.35. The minimum absolute atomic E-state index is 0.136. The molecule has 102 valence electrons. The van der Waals surface area contributed by atoms with Crippen LogP contribution in [0, 0.1) is 0 Å². The minimum Gasteiger partial charge on any atom is -0.381 e. The fourth-order valence-electron chi connectivity index (χ4n) is 3.02. The number of nitrogens with two attached hydrogens (primary N) is 1. The zero-order valence-corrected chi connectivity index (χ0v) is 12.2. The number of anilines is 1. The molecule has 0 aromatic carbocycles. The summed E-state index contributed by atoms with van der Waals surface area (Å²) >= 11 is 0. The van der Waals surface area contributed by atoms with Crippen LogP contribution in [0.4, 0.5) is 5.82 Å². The molecule has 1 saturated heterocycles. The van der Waals surface area contributed by atoms with Gasteiger partial charge in [0.25, 0.3) is 0 Å². The molecule has 1 aliphatic rings. The summed E-state index contributed by atoms with van der Waals surface area (Å²) in [6.07, 6.45) is 0.919. The monoisotopic (exact) mass is 252 g/mol. The lowest BCUT2D eigenvalue weighted by molar-refractivity contribution is -0.0740. The van der Waals surface area contributed by atoms with Gasteiger partial charge < -0.3 is 10.5 Å². The van der Waals surface area contributed by atoms with Gasteiger partial charge in [-0.05, 0) is 33.6 Å². The average Bonchev–Trinajstić information content (AvgIpc) is 2.63. The van der Waals surface area contributed by atoms with Crippen LogP contribution in [0.15, 0.2) is 0 Å². The molecule has 1 aliphatic heterocycles. The molecule has 0 spiro atoms. The van der Waals surface area contributed by atoms with Crippen molar-refractivity contribution >= 4 is 5.82 Å². The summed E-state index contributed by atoms with van der Waals surface area (Å²) in [7, 11) is 0. The Balaban J connectivity index is 2.44. The van der Waals surface area contributed by atoms with Gasteiger partial charge in [0.2, 0.25) is 0 Å². The van der Waals surface area contributed by atoms with Crippen LogP contribution in [-0.2, 0) is 4.74 Å². The van der Waals surface area contributed by atoms with Crippen LogP contribution in [0.1, 0.15) is 65.6 Å². The molecule has 2 heterocycles. The molecule has 1 unspecified atom stereocenters. The van der Waals surface area contributed by atoms with Crippen LogP contribution in [0.3, 0.4) is 0 Å². The normalized spacial score (nSPS) is 25.8. The summed E-state index contributed by atoms with van der Waals surface area (Å²) < 4.78 is 8.08. The first-order valence-corrected chi connectivity index (χ1v) is 6.55. The van der Waals surface area contributed by atoms with Gasteiger partial charge in [0.15, 0.2) is 5.82 Å². The van der Waals surface area contributed by atoms with E-state index in [-0.39, 0.29) is 17.2 Å². The van der Waals surface area contributed by atoms with Gasteiger partial charge in [-0.3, -0.25) is 0 Å². The van der Waals surface area contributed by atoms with E-state index in [0.717, 1.165) is 12.1 Å². The zero-order chi connectivity index (χ0) is 13.7. The van der Waals surface area contributed by atoms with Crippen molar-refractivity contribution < 1.29 is 4.74 Å². The van der Waals surface area contributed by atoms with E-state index in [2.05, 4.69) is 51.9 Å². The molecule has 0 saturated carbocycles. The van der Waals surface area contributed by atoms with Gasteiger partial charge in [-0.1, -0.05) is 19.1 Å². The third-order valence-corrected chi connectivity index (χ3v) is 3.63. The Kier molecular flexibility index (Phi) is 2.93. The fourth-order valence-corrected chi connectivity index (χ4v) is 3.02. The fraction of sp³-hybridized carbons (Fsp3) is 0.846. The van der Waals surface area contributed by atoms with Gasteiger partial charge in [-0.25, -0.2) is 4.68 Å². The Hall–Kier alpha value is -1.10. The number of ether oxygens (including phenoxy) is 1. The van der Waals surface area contributed by atoms with Crippen molar-refractivity contribution in [3.05, 3.63) is 5.69 Å². The number of nitrogens with zero attached hydrogens (tertiary/aromatic N) is 3. The maximum Gasteiger partial charge on any atom is 0.169 e. The van der Waals surface area contributed by atoms with Gasteiger partial charge in [-0.2, -0.15) is 0 Å². The van der Waals surface area contributed by atoms with Gasteiger partial charge in [-0.15, -0.1) is 5.10 Å². The highest BCUT2D eigenvalue weighted by Crippen LogP contribution is 2.45. The van der Waals surface area contributed by atoms with Gasteiger partial charge in [0.05, 0.1) is 22.9 Å². The van der Waals surface area contributed by atoms with E-state index < -0.39 is 0 Å². The van der Waals surface area contributed by atoms with E-state index in [9.17, 15) is 0 Å². The number of hydrogen-bond acceptors (Lipinski definition) is 4. The summed E-state index contributed by atoms with van der Waals surface area (Å²) in [6.45, 7) is 12.7. The van der Waals surface area contributed by atoms with Crippen LogP contribution in [-0.4, -0.2) is 26.2 Å². The second kappa shape index (κ2) is 3.95. The average molecular weight is 252 g/mol. The lowest BCUT2D eigenvalue weighted by Crippen LogP contribution is -2.32. The van der Waals surface area contributed by atoms with E-state index in [1.807, 2.05) is 4.68 Å². The first kappa shape index (κ1) is 13.3. The van der Waals surface area contributed by atoms with Crippen molar-refractivity contribution in [3.8, 4) is 0 Å². The molecule has 2 rings (SSSR count). The van der Waals surface area contributed by atoms with Crippen LogP contribution in [0.25, 0.3) is 0 Å². The lowest BCUT2D eigenvalue weighted by atomic mass is 9.94. The highest BCUT2D eigenvalue weighted by atomic mass is 16.5. The predicted molar refractivity (Wildman–Crippen MR) is 71.4 cm³/mol. The molecule has 18 heavy (non-hydrogen) atoms. The standard InChI is InChI=1S/C13H24N4O/c1-8(2)10-11(14)15-16-17(10)9-7-12(3,4)18-13(9,5)6/h8-9H,7,14H2,1-6H3. The number of rotatable bonds is 2. The second-order valence-electron chi connectivity index (χ2n) is 6.64. The van der Waals surface area contributed by atoms with Crippen LogP contribution >= 0.6 is 0 Å². The van der Waals surface area contributed by atoms with E-state index in [0.29, 0.717) is 11.7 Å². The Labute approximate surface area is 109 Å². The van der Waals surface area contributed by atoms with Gasteiger partial charge in [0.1, 0.15) is 0 Å². The van der Waals surface area contributed by atoms with E-state index in [4.69, 9.17) is 10.5 Å². The highest BCUT2D eigenvalue weighted by Gasteiger charge is 2.48. The summed E-state index contributed by atoms with van der Waals surface area (Å²) in [5, 5.41) is 8.27. The first-order chi connectivity index (χ1) is 8.14. The Morgan fingerprint density at radius 2 is 1.94 bits per heavy atom. The number of hydrogen-bond donors (Lipinski definition) is 1. The van der Waals surface area contributed by atoms with Crippen LogP contribution < -0.4 is 5.73 Å². The maximum atomic E-state index is 6.12. The quantitative estimate of drug-likeness (QED) is 0.878. The second-order valence-corrected chi connectivity index (χ2v) is 6.64. The molecule has 1 atom stereocenters. The van der Waals surface area contributed by atoms with E-state index in [1.165, 1.54) is 0 Å². The zero-order valence-electron chi connectivity index (χ0n) is 12.2. The Bertz CT molecular complexity index is 448. The van der Waals surface area contributed by atoms with Crippen molar-refractivity contribution in [2.75, 3.05) is 5.73 Å². The molecule has 1 aromatic rings. The minimum atomic E-state index is -0.257.